The summed E-state index contributed by atoms with van der Waals surface area (Å²) in [6.45, 7) is -0.176. The topological polar surface area (TPSA) is 103 Å². The Kier molecular flexibility index (Phi) is 5.47. The number of imide groups is 1. The van der Waals surface area contributed by atoms with E-state index >= 15 is 0 Å². The molecule has 32 heavy (non-hydrogen) atoms. The van der Waals surface area contributed by atoms with Gasteiger partial charge in [0.05, 0.1) is 5.52 Å². The van der Waals surface area contributed by atoms with E-state index in [0.29, 0.717) is 16.8 Å². The molecule has 3 heterocycles. The molecule has 1 aromatic heterocycles. The van der Waals surface area contributed by atoms with Crippen molar-refractivity contribution in [1.82, 2.24) is 19.4 Å². The van der Waals surface area contributed by atoms with Crippen molar-refractivity contribution in [1.29, 1.82) is 0 Å². The van der Waals surface area contributed by atoms with Crippen LogP contribution in [0.5, 0.6) is 5.75 Å². The Labute approximate surface area is 179 Å². The third-order valence-electron chi connectivity index (χ3n) is 5.85. The molecular weight excluding hydrogens is 433 g/mol. The number of hydrogen-bond acceptors (Lipinski definition) is 5. The lowest BCUT2D eigenvalue weighted by atomic mass is 10.1. The molecule has 0 aliphatic carbocycles. The zero-order valence-corrected chi connectivity index (χ0v) is 17.1. The highest BCUT2D eigenvalue weighted by atomic mass is 19.4. The molecule has 0 radical (unpaired) electrons. The van der Waals surface area contributed by atoms with Crippen LogP contribution in [0.2, 0.25) is 0 Å². The SMILES string of the molecule is Cn1c(=O)n(C2CCC(=O)NC2=O)c2cccc(OC3CCN(C(=O)C(F)(F)F)CC3)c21. The maximum Gasteiger partial charge on any atom is 0.471 e. The maximum absolute atomic E-state index is 12.9. The number of carbonyl (C=O) groups is 3. The predicted molar refractivity (Wildman–Crippen MR) is 105 cm³/mol. The molecule has 1 aromatic carbocycles. The van der Waals surface area contributed by atoms with Crippen LogP contribution in [0.4, 0.5) is 13.2 Å². The first-order valence-electron chi connectivity index (χ1n) is 10.1. The molecule has 1 N–H and O–H groups in total. The number of likely N-dealkylation sites (tertiary alicyclic amines) is 1. The Balaban J connectivity index is 1.58. The van der Waals surface area contributed by atoms with Crippen molar-refractivity contribution in [2.24, 2.45) is 7.05 Å². The smallest absolute Gasteiger partial charge is 0.471 e. The number of alkyl halides is 3. The number of benzene rings is 1. The highest BCUT2D eigenvalue weighted by Gasteiger charge is 2.43. The summed E-state index contributed by atoms with van der Waals surface area (Å²) in [7, 11) is 1.53. The molecule has 9 nitrogen and oxygen atoms in total. The number of aromatic nitrogens is 2. The van der Waals surface area contributed by atoms with E-state index in [1.807, 2.05) is 0 Å². The van der Waals surface area contributed by atoms with E-state index in [0.717, 1.165) is 4.90 Å². The number of halogens is 3. The third-order valence-corrected chi connectivity index (χ3v) is 5.85. The van der Waals surface area contributed by atoms with Crippen molar-refractivity contribution < 1.29 is 32.3 Å². The molecule has 0 bridgehead atoms. The van der Waals surface area contributed by atoms with Gasteiger partial charge in [-0.15, -0.1) is 0 Å². The number of aryl methyl sites for hydroxylation is 1. The first-order valence-corrected chi connectivity index (χ1v) is 10.1. The van der Waals surface area contributed by atoms with E-state index in [-0.39, 0.29) is 44.7 Å². The molecule has 0 saturated carbocycles. The molecule has 1 unspecified atom stereocenters. The number of nitrogens with zero attached hydrogens (tertiary/aromatic N) is 3. The van der Waals surface area contributed by atoms with Gasteiger partial charge in [-0.3, -0.25) is 28.8 Å². The highest BCUT2D eigenvalue weighted by molar-refractivity contribution is 6.00. The van der Waals surface area contributed by atoms with Gasteiger partial charge in [0.15, 0.2) is 0 Å². The van der Waals surface area contributed by atoms with Gasteiger partial charge in [-0.25, -0.2) is 4.79 Å². The zero-order chi connectivity index (χ0) is 23.2. The number of amides is 3. The molecule has 0 spiro atoms. The summed E-state index contributed by atoms with van der Waals surface area (Å²) < 4.78 is 46.6. The lowest BCUT2D eigenvalue weighted by Crippen LogP contribution is -2.47. The molecule has 4 rings (SSSR count). The number of hydrogen-bond donors (Lipinski definition) is 1. The molecule has 2 aromatic rings. The minimum atomic E-state index is -4.91. The highest BCUT2D eigenvalue weighted by Crippen LogP contribution is 2.31. The second-order valence-electron chi connectivity index (χ2n) is 7.91. The fourth-order valence-corrected chi connectivity index (χ4v) is 4.26. The second kappa shape index (κ2) is 7.99. The number of ether oxygens (including phenoxy) is 1. The van der Waals surface area contributed by atoms with Gasteiger partial charge < -0.3 is 9.64 Å². The fraction of sp³-hybridized carbons (Fsp3) is 0.500. The number of nitrogens with one attached hydrogen (secondary N) is 1. The minimum Gasteiger partial charge on any atom is -0.488 e. The average Bonchev–Trinajstić information content (AvgIpc) is 2.99. The summed E-state index contributed by atoms with van der Waals surface area (Å²) in [5.41, 5.74) is 0.446. The number of fused-ring (bicyclic) bond motifs is 1. The van der Waals surface area contributed by atoms with E-state index in [1.54, 1.807) is 18.2 Å². The van der Waals surface area contributed by atoms with Gasteiger partial charge in [0.2, 0.25) is 11.8 Å². The van der Waals surface area contributed by atoms with E-state index in [9.17, 15) is 32.3 Å². The summed E-state index contributed by atoms with van der Waals surface area (Å²) in [6, 6.07) is 4.12. The molecule has 2 aliphatic rings. The van der Waals surface area contributed by atoms with Crippen molar-refractivity contribution in [2.45, 2.75) is 44.0 Å². The second-order valence-corrected chi connectivity index (χ2v) is 7.91. The summed E-state index contributed by atoms with van der Waals surface area (Å²) in [6.07, 6.45) is -4.62. The van der Waals surface area contributed by atoms with Gasteiger partial charge in [0.1, 0.15) is 23.4 Å². The van der Waals surface area contributed by atoms with E-state index in [4.69, 9.17) is 4.74 Å². The van der Waals surface area contributed by atoms with Crippen molar-refractivity contribution >= 4 is 28.8 Å². The molecule has 2 aliphatic heterocycles. The summed E-state index contributed by atoms with van der Waals surface area (Å²) >= 11 is 0. The lowest BCUT2D eigenvalue weighted by molar-refractivity contribution is -0.187. The molecule has 1 atom stereocenters. The van der Waals surface area contributed by atoms with Crippen molar-refractivity contribution in [2.75, 3.05) is 13.1 Å². The fourth-order valence-electron chi connectivity index (χ4n) is 4.26. The summed E-state index contributed by atoms with van der Waals surface area (Å²) in [5, 5.41) is 2.24. The number of piperidine rings is 2. The first kappa shape index (κ1) is 21.9. The third kappa shape index (κ3) is 3.84. The minimum absolute atomic E-state index is 0.0881. The van der Waals surface area contributed by atoms with Crippen LogP contribution < -0.4 is 15.7 Å². The molecule has 172 valence electrons. The maximum atomic E-state index is 12.9. The number of para-hydroxylation sites is 1. The van der Waals surface area contributed by atoms with Crippen molar-refractivity contribution in [3.63, 3.8) is 0 Å². The number of carbonyl (C=O) groups excluding carboxylic acids is 3. The number of rotatable bonds is 3. The van der Waals surface area contributed by atoms with Crippen LogP contribution in [0.1, 0.15) is 31.7 Å². The van der Waals surface area contributed by atoms with Crippen LogP contribution >= 0.6 is 0 Å². The zero-order valence-electron chi connectivity index (χ0n) is 17.1. The molecule has 2 fully saturated rings. The Morgan fingerprint density at radius 3 is 2.44 bits per heavy atom. The molecular formula is C20H21F3N4O5. The largest absolute Gasteiger partial charge is 0.488 e. The van der Waals surface area contributed by atoms with Crippen LogP contribution in [0.25, 0.3) is 11.0 Å². The normalized spacial score (nSPS) is 20.5. The van der Waals surface area contributed by atoms with Crippen LogP contribution in [-0.2, 0) is 21.4 Å². The van der Waals surface area contributed by atoms with Gasteiger partial charge >= 0.3 is 17.8 Å². The van der Waals surface area contributed by atoms with Crippen LogP contribution in [0.3, 0.4) is 0 Å². The predicted octanol–water partition coefficient (Wildman–Crippen LogP) is 1.25. The van der Waals surface area contributed by atoms with Gasteiger partial charge in [-0.1, -0.05) is 6.07 Å². The van der Waals surface area contributed by atoms with Gasteiger partial charge in [0, 0.05) is 39.4 Å². The lowest BCUT2D eigenvalue weighted by Gasteiger charge is -2.32. The molecule has 3 amide bonds. The van der Waals surface area contributed by atoms with Gasteiger partial charge in [-0.05, 0) is 18.6 Å². The van der Waals surface area contributed by atoms with E-state index in [1.165, 1.54) is 16.2 Å². The van der Waals surface area contributed by atoms with Crippen LogP contribution in [0.15, 0.2) is 23.0 Å². The van der Waals surface area contributed by atoms with E-state index in [2.05, 4.69) is 5.32 Å². The monoisotopic (exact) mass is 454 g/mol. The quantitative estimate of drug-likeness (QED) is 0.704. The van der Waals surface area contributed by atoms with Crippen molar-refractivity contribution in [3.05, 3.63) is 28.7 Å². The van der Waals surface area contributed by atoms with Crippen LogP contribution in [0, 0.1) is 0 Å². The Morgan fingerprint density at radius 1 is 1.12 bits per heavy atom. The Bertz CT molecular complexity index is 1140. The van der Waals surface area contributed by atoms with Crippen molar-refractivity contribution in [3.8, 4) is 5.75 Å². The number of imidazole rings is 1. The van der Waals surface area contributed by atoms with Crippen LogP contribution in [-0.4, -0.2) is 57.1 Å². The van der Waals surface area contributed by atoms with E-state index < -0.39 is 35.8 Å². The standard InChI is InChI=1S/C20H21F3N4O5/c1-25-16-12(27(19(25)31)13-5-6-15(28)24-17(13)29)3-2-4-14(16)32-11-7-9-26(10-8-11)18(30)20(21,22)23/h2-4,11,13H,5-10H2,1H3,(H,24,28,29). The molecule has 12 heteroatoms. The Hall–Kier alpha value is -3.31. The summed E-state index contributed by atoms with van der Waals surface area (Å²) in [4.78, 5) is 48.9. The summed E-state index contributed by atoms with van der Waals surface area (Å²) in [5.74, 6) is -2.45. The average molecular weight is 454 g/mol. The first-order chi connectivity index (χ1) is 15.1. The van der Waals surface area contributed by atoms with Gasteiger partial charge in [0.25, 0.3) is 0 Å². The van der Waals surface area contributed by atoms with Gasteiger partial charge in [-0.2, -0.15) is 13.2 Å². The Morgan fingerprint density at radius 2 is 1.81 bits per heavy atom. The molecule has 2 saturated heterocycles.